The minimum absolute atomic E-state index is 0.0616. The van der Waals surface area contributed by atoms with Crippen molar-refractivity contribution in [2.45, 2.75) is 57.5 Å². The molecule has 0 bridgehead atoms. The van der Waals surface area contributed by atoms with Crippen LogP contribution in [-0.4, -0.2) is 51.8 Å². The van der Waals surface area contributed by atoms with Crippen LogP contribution in [0.5, 0.6) is 0 Å². The molecule has 128 valence electrons. The maximum Gasteiger partial charge on any atom is 0.411 e. The Morgan fingerprint density at radius 2 is 2.09 bits per heavy atom. The molecule has 23 heavy (non-hydrogen) atoms. The Kier molecular flexibility index (Phi) is 4.35. The summed E-state index contributed by atoms with van der Waals surface area (Å²) in [6.45, 7) is 2.04. The van der Waals surface area contributed by atoms with Gasteiger partial charge in [0, 0.05) is 19.5 Å². The molecule has 1 aromatic rings. The molecule has 1 fully saturated rings. The van der Waals surface area contributed by atoms with Crippen LogP contribution in [0.3, 0.4) is 0 Å². The molecule has 1 aromatic heterocycles. The van der Waals surface area contributed by atoms with E-state index < -0.39 is 24.2 Å². The van der Waals surface area contributed by atoms with Gasteiger partial charge >= 0.3 is 6.18 Å². The van der Waals surface area contributed by atoms with E-state index in [1.54, 1.807) is 4.57 Å². The summed E-state index contributed by atoms with van der Waals surface area (Å²) in [5.74, 6) is 0.179. The van der Waals surface area contributed by atoms with E-state index in [1.165, 1.54) is 13.1 Å². The number of hydrogen-bond donors (Lipinski definition) is 0. The van der Waals surface area contributed by atoms with Crippen LogP contribution in [-0.2, 0) is 17.7 Å². The number of imidazole rings is 1. The minimum Gasteiger partial charge on any atom is -0.374 e. The summed E-state index contributed by atoms with van der Waals surface area (Å²) in [4.78, 5) is 17.9. The number of hydrogen-bond acceptors (Lipinski definition) is 3. The summed E-state index contributed by atoms with van der Waals surface area (Å²) in [6, 6.07) is -1.92. The van der Waals surface area contributed by atoms with Crippen molar-refractivity contribution in [1.82, 2.24) is 14.5 Å². The Hall–Kier alpha value is -1.57. The summed E-state index contributed by atoms with van der Waals surface area (Å²) in [6.07, 6.45) is -0.477. The van der Waals surface area contributed by atoms with E-state index in [9.17, 15) is 18.0 Å². The highest BCUT2D eigenvalue weighted by atomic mass is 19.4. The van der Waals surface area contributed by atoms with Gasteiger partial charge in [-0.05, 0) is 19.8 Å². The molecular formula is C15H20F3N3O2. The fourth-order valence-corrected chi connectivity index (χ4v) is 3.40. The van der Waals surface area contributed by atoms with E-state index in [2.05, 4.69) is 4.98 Å². The zero-order valence-corrected chi connectivity index (χ0v) is 13.0. The molecule has 2 aliphatic rings. The van der Waals surface area contributed by atoms with Gasteiger partial charge in [-0.1, -0.05) is 6.42 Å². The molecule has 1 amide bonds. The Morgan fingerprint density at radius 3 is 2.83 bits per heavy atom. The van der Waals surface area contributed by atoms with Gasteiger partial charge in [-0.3, -0.25) is 4.79 Å². The lowest BCUT2D eigenvalue weighted by Gasteiger charge is -2.40. The molecule has 5 nitrogen and oxygen atoms in total. The van der Waals surface area contributed by atoms with Gasteiger partial charge in [0.05, 0.1) is 18.9 Å². The summed E-state index contributed by atoms with van der Waals surface area (Å²) < 4.78 is 46.9. The number of carbonyl (C=O) groups excluding carboxylic acids is 1. The molecule has 0 N–H and O–H groups in total. The van der Waals surface area contributed by atoms with E-state index in [0.29, 0.717) is 6.54 Å². The molecule has 0 aliphatic carbocycles. The monoisotopic (exact) mass is 331 g/mol. The van der Waals surface area contributed by atoms with Gasteiger partial charge in [0.15, 0.2) is 6.04 Å². The van der Waals surface area contributed by atoms with Gasteiger partial charge in [-0.2, -0.15) is 13.2 Å². The average molecular weight is 331 g/mol. The third kappa shape index (κ3) is 3.08. The number of rotatable bonds is 1. The van der Waals surface area contributed by atoms with Gasteiger partial charge in [0.1, 0.15) is 11.5 Å². The Balaban J connectivity index is 1.91. The first-order chi connectivity index (χ1) is 10.9. The highest BCUT2D eigenvalue weighted by Gasteiger charge is 2.51. The van der Waals surface area contributed by atoms with Crippen molar-refractivity contribution < 1.29 is 22.7 Å². The fourth-order valence-electron chi connectivity index (χ4n) is 3.40. The number of aromatic nitrogens is 2. The Morgan fingerprint density at radius 1 is 1.30 bits per heavy atom. The molecule has 0 spiro atoms. The van der Waals surface area contributed by atoms with Crippen molar-refractivity contribution in [3.05, 3.63) is 17.7 Å². The molecule has 1 saturated heterocycles. The smallest absolute Gasteiger partial charge is 0.374 e. The normalized spacial score (nSPS) is 25.8. The lowest BCUT2D eigenvalue weighted by atomic mass is 10.1. The second-order valence-electron chi connectivity index (χ2n) is 6.08. The number of nitrogens with zero attached hydrogens (tertiary/aromatic N) is 3. The van der Waals surface area contributed by atoms with E-state index in [4.69, 9.17) is 4.74 Å². The molecule has 0 radical (unpaired) electrons. The third-order valence-corrected chi connectivity index (χ3v) is 4.53. The number of aryl methyl sites for hydroxylation is 1. The van der Waals surface area contributed by atoms with E-state index >= 15 is 0 Å². The standard InChI is InChI=1S/C15H20F3N3O2/c1-10-13(15(16,17)18)21(7-8-23-10)14(22)11-9-19-12-5-3-2-4-6-20(11)12/h9-10,13H,2-8H2,1H3/t10-,13-/m0/s1. The van der Waals surface area contributed by atoms with Crippen molar-refractivity contribution in [1.29, 1.82) is 0 Å². The highest BCUT2D eigenvalue weighted by molar-refractivity contribution is 5.93. The van der Waals surface area contributed by atoms with Gasteiger partial charge in [-0.15, -0.1) is 0 Å². The molecular weight excluding hydrogens is 311 g/mol. The Bertz CT molecular complexity index is 585. The Labute approximate surface area is 132 Å². The maximum atomic E-state index is 13.4. The molecule has 3 heterocycles. The van der Waals surface area contributed by atoms with Gasteiger partial charge < -0.3 is 14.2 Å². The number of morpholine rings is 1. The second-order valence-corrected chi connectivity index (χ2v) is 6.08. The first kappa shape index (κ1) is 16.3. The quantitative estimate of drug-likeness (QED) is 0.794. The van der Waals surface area contributed by atoms with Crippen LogP contribution in [0.15, 0.2) is 6.20 Å². The number of ether oxygens (including phenoxy) is 1. The number of alkyl halides is 3. The van der Waals surface area contributed by atoms with E-state index in [-0.39, 0.29) is 18.8 Å². The van der Waals surface area contributed by atoms with Gasteiger partial charge in [0.25, 0.3) is 5.91 Å². The van der Waals surface area contributed by atoms with Crippen LogP contribution < -0.4 is 0 Å². The highest BCUT2D eigenvalue weighted by Crippen LogP contribution is 2.32. The van der Waals surface area contributed by atoms with Crippen LogP contribution in [0.2, 0.25) is 0 Å². The molecule has 0 aromatic carbocycles. The molecule has 0 unspecified atom stereocenters. The van der Waals surface area contributed by atoms with Gasteiger partial charge in [0.2, 0.25) is 0 Å². The molecule has 3 rings (SSSR count). The van der Waals surface area contributed by atoms with Crippen LogP contribution in [0.25, 0.3) is 0 Å². The van der Waals surface area contributed by atoms with Crippen LogP contribution in [0, 0.1) is 0 Å². The summed E-state index contributed by atoms with van der Waals surface area (Å²) in [5, 5.41) is 0. The average Bonchev–Trinajstić information content (AvgIpc) is 2.73. The summed E-state index contributed by atoms with van der Waals surface area (Å²) >= 11 is 0. The molecule has 2 aliphatic heterocycles. The fraction of sp³-hybridized carbons (Fsp3) is 0.733. The zero-order valence-electron chi connectivity index (χ0n) is 13.0. The molecule has 8 heteroatoms. The first-order valence-electron chi connectivity index (χ1n) is 7.93. The van der Waals surface area contributed by atoms with Gasteiger partial charge in [-0.25, -0.2) is 4.98 Å². The second kappa shape index (κ2) is 6.14. The number of halogens is 3. The number of carbonyl (C=O) groups is 1. The number of fused-ring (bicyclic) bond motifs is 1. The largest absolute Gasteiger partial charge is 0.411 e. The molecule has 0 saturated carbocycles. The van der Waals surface area contributed by atoms with Crippen LogP contribution in [0.1, 0.15) is 42.5 Å². The van der Waals surface area contributed by atoms with Crippen molar-refractivity contribution in [2.75, 3.05) is 13.2 Å². The van der Waals surface area contributed by atoms with E-state index in [0.717, 1.165) is 36.4 Å². The minimum atomic E-state index is -4.52. The lowest BCUT2D eigenvalue weighted by molar-refractivity contribution is -0.220. The summed E-state index contributed by atoms with van der Waals surface area (Å²) in [7, 11) is 0. The van der Waals surface area contributed by atoms with Crippen LogP contribution in [0.4, 0.5) is 13.2 Å². The lowest BCUT2D eigenvalue weighted by Crippen LogP contribution is -2.59. The zero-order chi connectivity index (χ0) is 16.6. The maximum absolute atomic E-state index is 13.4. The van der Waals surface area contributed by atoms with Crippen molar-refractivity contribution in [3.63, 3.8) is 0 Å². The predicted octanol–water partition coefficient (Wildman–Crippen LogP) is 2.40. The van der Waals surface area contributed by atoms with Crippen molar-refractivity contribution >= 4 is 5.91 Å². The predicted molar refractivity (Wildman–Crippen MR) is 76.1 cm³/mol. The van der Waals surface area contributed by atoms with Crippen LogP contribution >= 0.6 is 0 Å². The summed E-state index contributed by atoms with van der Waals surface area (Å²) in [5.41, 5.74) is 0.255. The first-order valence-corrected chi connectivity index (χ1v) is 7.93. The van der Waals surface area contributed by atoms with Crippen molar-refractivity contribution in [3.8, 4) is 0 Å². The van der Waals surface area contributed by atoms with E-state index in [1.807, 2.05) is 0 Å². The topological polar surface area (TPSA) is 47.4 Å². The SMILES string of the molecule is C[C@@H]1OCCN(C(=O)c2cnc3n2CCCCC3)[C@@H]1C(F)(F)F. The number of amides is 1. The van der Waals surface area contributed by atoms with Crippen molar-refractivity contribution in [2.24, 2.45) is 0 Å². The third-order valence-electron chi connectivity index (χ3n) is 4.53. The molecule has 2 atom stereocenters.